The summed E-state index contributed by atoms with van der Waals surface area (Å²) in [6.07, 6.45) is 0. The van der Waals surface area contributed by atoms with Gasteiger partial charge in [-0.3, -0.25) is 0 Å². The first-order valence-corrected chi connectivity index (χ1v) is 6.78. The SMILES string of the molecule is CCNCc1ccc(Oc2ccc(F)cc2Cl)nc1C. The van der Waals surface area contributed by atoms with Crippen LogP contribution < -0.4 is 10.1 Å². The molecule has 3 nitrogen and oxygen atoms in total. The lowest BCUT2D eigenvalue weighted by Crippen LogP contribution is -2.13. The van der Waals surface area contributed by atoms with E-state index >= 15 is 0 Å². The fourth-order valence-electron chi connectivity index (χ4n) is 1.74. The Kier molecular flexibility index (Phi) is 4.93. The molecule has 1 heterocycles. The lowest BCUT2D eigenvalue weighted by molar-refractivity contribution is 0.459. The van der Waals surface area contributed by atoms with Crippen molar-refractivity contribution in [1.29, 1.82) is 0 Å². The average Bonchev–Trinajstić information content (AvgIpc) is 2.41. The molecule has 0 fully saturated rings. The van der Waals surface area contributed by atoms with E-state index in [4.69, 9.17) is 16.3 Å². The van der Waals surface area contributed by atoms with Crippen molar-refractivity contribution in [3.63, 3.8) is 0 Å². The van der Waals surface area contributed by atoms with E-state index < -0.39 is 5.82 Å². The number of pyridine rings is 1. The maximum Gasteiger partial charge on any atom is 0.219 e. The molecule has 20 heavy (non-hydrogen) atoms. The Morgan fingerprint density at radius 3 is 2.75 bits per heavy atom. The van der Waals surface area contributed by atoms with Crippen LogP contribution in [-0.2, 0) is 6.54 Å². The summed E-state index contributed by atoms with van der Waals surface area (Å²) >= 11 is 5.92. The minimum absolute atomic E-state index is 0.223. The van der Waals surface area contributed by atoms with Gasteiger partial charge in [-0.25, -0.2) is 9.37 Å². The summed E-state index contributed by atoms with van der Waals surface area (Å²) in [5.41, 5.74) is 2.01. The molecular formula is C15H16ClFN2O. The molecule has 2 aromatic rings. The van der Waals surface area contributed by atoms with Gasteiger partial charge < -0.3 is 10.1 Å². The maximum absolute atomic E-state index is 13.0. The molecule has 0 spiro atoms. The second-order valence-corrected chi connectivity index (χ2v) is 4.76. The van der Waals surface area contributed by atoms with Gasteiger partial charge in [0.1, 0.15) is 11.6 Å². The Bertz CT molecular complexity index is 604. The average molecular weight is 295 g/mol. The van der Waals surface area contributed by atoms with E-state index in [1.807, 2.05) is 13.0 Å². The van der Waals surface area contributed by atoms with Gasteiger partial charge in [0, 0.05) is 18.3 Å². The molecule has 1 aromatic carbocycles. The molecule has 0 aliphatic rings. The third-order valence-corrected chi connectivity index (χ3v) is 3.14. The first-order valence-electron chi connectivity index (χ1n) is 6.40. The van der Waals surface area contributed by atoms with Crippen molar-refractivity contribution in [2.45, 2.75) is 20.4 Å². The van der Waals surface area contributed by atoms with Crippen molar-refractivity contribution >= 4 is 11.6 Å². The predicted octanol–water partition coefficient (Wildman–Crippen LogP) is 4.08. The number of benzene rings is 1. The van der Waals surface area contributed by atoms with E-state index in [-0.39, 0.29) is 5.02 Å². The van der Waals surface area contributed by atoms with Crippen LogP contribution in [0.5, 0.6) is 11.6 Å². The van der Waals surface area contributed by atoms with Crippen LogP contribution in [0.15, 0.2) is 30.3 Å². The number of ether oxygens (including phenoxy) is 1. The van der Waals surface area contributed by atoms with E-state index in [1.165, 1.54) is 18.2 Å². The van der Waals surface area contributed by atoms with Gasteiger partial charge >= 0.3 is 0 Å². The van der Waals surface area contributed by atoms with Crippen molar-refractivity contribution in [3.05, 3.63) is 52.4 Å². The number of nitrogens with one attached hydrogen (secondary N) is 1. The Balaban J connectivity index is 2.15. The molecule has 0 unspecified atom stereocenters. The van der Waals surface area contributed by atoms with Gasteiger partial charge in [-0.1, -0.05) is 24.6 Å². The number of hydrogen-bond donors (Lipinski definition) is 1. The van der Waals surface area contributed by atoms with E-state index in [1.54, 1.807) is 6.07 Å². The molecule has 0 atom stereocenters. The summed E-state index contributed by atoms with van der Waals surface area (Å²) < 4.78 is 18.5. The zero-order valence-corrected chi connectivity index (χ0v) is 12.2. The number of halogens is 2. The zero-order chi connectivity index (χ0) is 14.5. The molecule has 106 valence electrons. The highest BCUT2D eigenvalue weighted by molar-refractivity contribution is 6.32. The Hall–Kier alpha value is -1.65. The van der Waals surface area contributed by atoms with Gasteiger partial charge in [-0.15, -0.1) is 0 Å². The van der Waals surface area contributed by atoms with Crippen molar-refractivity contribution in [1.82, 2.24) is 10.3 Å². The molecule has 1 N–H and O–H groups in total. The van der Waals surface area contributed by atoms with Gasteiger partial charge in [-0.05, 0) is 37.2 Å². The highest BCUT2D eigenvalue weighted by atomic mass is 35.5. The van der Waals surface area contributed by atoms with Gasteiger partial charge in [0.15, 0.2) is 0 Å². The molecule has 0 saturated heterocycles. The van der Waals surface area contributed by atoms with Crippen LogP contribution in [0, 0.1) is 12.7 Å². The summed E-state index contributed by atoms with van der Waals surface area (Å²) in [5.74, 6) is 0.433. The summed E-state index contributed by atoms with van der Waals surface area (Å²) in [6, 6.07) is 7.73. The second-order valence-electron chi connectivity index (χ2n) is 4.35. The largest absolute Gasteiger partial charge is 0.437 e. The van der Waals surface area contributed by atoms with Crippen LogP contribution in [0.1, 0.15) is 18.2 Å². The Morgan fingerprint density at radius 2 is 2.10 bits per heavy atom. The van der Waals surface area contributed by atoms with Crippen molar-refractivity contribution in [3.8, 4) is 11.6 Å². The van der Waals surface area contributed by atoms with Crippen LogP contribution in [0.25, 0.3) is 0 Å². The smallest absolute Gasteiger partial charge is 0.219 e. The number of rotatable bonds is 5. The molecule has 0 radical (unpaired) electrons. The fourth-order valence-corrected chi connectivity index (χ4v) is 1.95. The van der Waals surface area contributed by atoms with Crippen LogP contribution in [-0.4, -0.2) is 11.5 Å². The second kappa shape index (κ2) is 6.68. The molecule has 0 aliphatic carbocycles. The minimum Gasteiger partial charge on any atom is -0.437 e. The molecule has 0 bridgehead atoms. The van der Waals surface area contributed by atoms with Crippen LogP contribution in [0.4, 0.5) is 4.39 Å². The standard InChI is InChI=1S/C15H16ClFN2O/c1-3-18-9-11-4-7-15(19-10(11)2)20-14-6-5-12(17)8-13(14)16/h4-8,18H,3,9H2,1-2H3. The highest BCUT2D eigenvalue weighted by Gasteiger charge is 2.07. The third kappa shape index (κ3) is 3.68. The fraction of sp³-hybridized carbons (Fsp3) is 0.267. The third-order valence-electron chi connectivity index (χ3n) is 2.84. The quantitative estimate of drug-likeness (QED) is 0.902. The lowest BCUT2D eigenvalue weighted by Gasteiger charge is -2.10. The molecule has 1 aromatic heterocycles. The monoisotopic (exact) mass is 294 g/mol. The van der Waals surface area contributed by atoms with Gasteiger partial charge in [0.2, 0.25) is 5.88 Å². The van der Waals surface area contributed by atoms with E-state index in [0.717, 1.165) is 24.3 Å². The maximum atomic E-state index is 13.0. The van der Waals surface area contributed by atoms with Crippen LogP contribution in [0.2, 0.25) is 5.02 Å². The number of nitrogens with zero attached hydrogens (tertiary/aromatic N) is 1. The normalized spacial score (nSPS) is 10.6. The van der Waals surface area contributed by atoms with Crippen LogP contribution >= 0.6 is 11.6 Å². The number of aromatic nitrogens is 1. The van der Waals surface area contributed by atoms with E-state index in [2.05, 4.69) is 17.2 Å². The van der Waals surface area contributed by atoms with Gasteiger partial charge in [0.25, 0.3) is 0 Å². The molecule has 0 aliphatic heterocycles. The molecule has 5 heteroatoms. The summed E-state index contributed by atoms with van der Waals surface area (Å²) in [7, 11) is 0. The van der Waals surface area contributed by atoms with Crippen molar-refractivity contribution in [2.24, 2.45) is 0 Å². The summed E-state index contributed by atoms with van der Waals surface area (Å²) in [6.45, 7) is 5.65. The lowest BCUT2D eigenvalue weighted by atomic mass is 10.2. The van der Waals surface area contributed by atoms with Crippen molar-refractivity contribution < 1.29 is 9.13 Å². The Labute approximate surface area is 122 Å². The van der Waals surface area contributed by atoms with E-state index in [9.17, 15) is 4.39 Å². The Morgan fingerprint density at radius 1 is 1.30 bits per heavy atom. The van der Waals surface area contributed by atoms with Crippen LogP contribution in [0.3, 0.4) is 0 Å². The molecule has 0 saturated carbocycles. The summed E-state index contributed by atoms with van der Waals surface area (Å²) in [5, 5.41) is 3.47. The number of hydrogen-bond acceptors (Lipinski definition) is 3. The molecule has 0 amide bonds. The summed E-state index contributed by atoms with van der Waals surface area (Å²) in [4.78, 5) is 4.37. The van der Waals surface area contributed by atoms with Gasteiger partial charge in [-0.2, -0.15) is 0 Å². The van der Waals surface area contributed by atoms with E-state index in [0.29, 0.717) is 11.6 Å². The van der Waals surface area contributed by atoms with Gasteiger partial charge in [0.05, 0.1) is 5.02 Å². The zero-order valence-electron chi connectivity index (χ0n) is 11.4. The topological polar surface area (TPSA) is 34.1 Å². The number of aryl methyl sites for hydroxylation is 1. The van der Waals surface area contributed by atoms with Crippen molar-refractivity contribution in [2.75, 3.05) is 6.54 Å². The molecule has 2 rings (SSSR count). The predicted molar refractivity (Wildman–Crippen MR) is 77.8 cm³/mol. The first kappa shape index (κ1) is 14.8. The minimum atomic E-state index is -0.396. The first-order chi connectivity index (χ1) is 9.60. The highest BCUT2D eigenvalue weighted by Crippen LogP contribution is 2.29. The molecular weight excluding hydrogens is 279 g/mol.